The average Bonchev–Trinajstić information content (AvgIpc) is 2.63. The maximum absolute atomic E-state index is 12.2. The summed E-state index contributed by atoms with van der Waals surface area (Å²) in [6.07, 6.45) is 0. The van der Waals surface area contributed by atoms with Crippen LogP contribution < -0.4 is 4.90 Å². The Kier molecular flexibility index (Phi) is 4.81. The predicted octanol–water partition coefficient (Wildman–Crippen LogP) is 6.15. The first-order valence-electron chi connectivity index (χ1n) is 8.66. The van der Waals surface area contributed by atoms with Gasteiger partial charge in [-0.1, -0.05) is 69.3 Å². The molecule has 132 valence electrons. The highest BCUT2D eigenvalue weighted by Crippen LogP contribution is 2.39. The first-order valence-corrected chi connectivity index (χ1v) is 8.66. The number of rotatable bonds is 4. The Morgan fingerprint density at radius 1 is 0.769 bits per heavy atom. The Hall–Kier alpha value is -3.07. The molecule has 0 aliphatic carbocycles. The molecule has 0 heterocycles. The van der Waals surface area contributed by atoms with Crippen molar-refractivity contribution in [3.63, 3.8) is 0 Å². The van der Waals surface area contributed by atoms with Gasteiger partial charge >= 0.3 is 5.97 Å². The second-order valence-electron chi connectivity index (χ2n) is 7.26. The van der Waals surface area contributed by atoms with Crippen molar-refractivity contribution in [1.82, 2.24) is 0 Å². The summed E-state index contributed by atoms with van der Waals surface area (Å²) in [5, 5.41) is 10.0. The first-order chi connectivity index (χ1) is 12.4. The van der Waals surface area contributed by atoms with Gasteiger partial charge in [-0.05, 0) is 41.3 Å². The van der Waals surface area contributed by atoms with Crippen molar-refractivity contribution >= 4 is 23.0 Å². The molecule has 0 aliphatic rings. The molecule has 0 saturated heterocycles. The van der Waals surface area contributed by atoms with Gasteiger partial charge in [0.25, 0.3) is 0 Å². The smallest absolute Gasteiger partial charge is 0.338 e. The Morgan fingerprint density at radius 2 is 1.27 bits per heavy atom. The zero-order valence-electron chi connectivity index (χ0n) is 15.3. The molecule has 0 aliphatic heterocycles. The quantitative estimate of drug-likeness (QED) is 0.616. The summed E-state index contributed by atoms with van der Waals surface area (Å²) in [6.45, 7) is 6.11. The topological polar surface area (TPSA) is 40.5 Å². The molecule has 0 saturated carbocycles. The van der Waals surface area contributed by atoms with Crippen molar-refractivity contribution < 1.29 is 9.90 Å². The normalized spacial score (nSPS) is 11.2. The molecule has 3 aromatic rings. The fourth-order valence-electron chi connectivity index (χ4n) is 3.16. The van der Waals surface area contributed by atoms with Gasteiger partial charge in [0.2, 0.25) is 0 Å². The van der Waals surface area contributed by atoms with E-state index < -0.39 is 5.97 Å². The van der Waals surface area contributed by atoms with Crippen LogP contribution in [0, 0.1) is 0 Å². The van der Waals surface area contributed by atoms with E-state index in [-0.39, 0.29) is 5.41 Å². The highest BCUT2D eigenvalue weighted by molar-refractivity contribution is 5.99. The van der Waals surface area contributed by atoms with Crippen molar-refractivity contribution in [2.24, 2.45) is 0 Å². The fourth-order valence-corrected chi connectivity index (χ4v) is 3.16. The molecule has 3 heteroatoms. The van der Waals surface area contributed by atoms with Gasteiger partial charge in [-0.15, -0.1) is 0 Å². The molecular weight excluding hydrogens is 322 g/mol. The van der Waals surface area contributed by atoms with Gasteiger partial charge in [-0.2, -0.15) is 0 Å². The summed E-state index contributed by atoms with van der Waals surface area (Å²) in [5.41, 5.74) is 3.40. The van der Waals surface area contributed by atoms with Crippen LogP contribution in [0.1, 0.15) is 36.7 Å². The summed E-state index contributed by atoms with van der Waals surface area (Å²) in [5.74, 6) is -0.914. The van der Waals surface area contributed by atoms with Crippen LogP contribution in [0.4, 0.5) is 17.1 Å². The van der Waals surface area contributed by atoms with Gasteiger partial charge in [0.1, 0.15) is 0 Å². The highest BCUT2D eigenvalue weighted by Gasteiger charge is 2.27. The minimum absolute atomic E-state index is 0.275. The van der Waals surface area contributed by atoms with Gasteiger partial charge in [-0.25, -0.2) is 4.79 Å². The van der Waals surface area contributed by atoms with E-state index in [0.29, 0.717) is 11.3 Å². The SMILES string of the molecule is CC(C)(C)c1cccc(N(c2ccccc2)c2ccccc2)c1C(=O)O. The fraction of sp³-hybridized carbons (Fsp3) is 0.174. The third-order valence-electron chi connectivity index (χ3n) is 4.33. The number of hydrogen-bond acceptors (Lipinski definition) is 2. The van der Waals surface area contributed by atoms with E-state index in [0.717, 1.165) is 16.9 Å². The van der Waals surface area contributed by atoms with E-state index >= 15 is 0 Å². The number of aromatic carboxylic acids is 1. The molecule has 0 fully saturated rings. The molecule has 3 rings (SSSR count). The zero-order valence-corrected chi connectivity index (χ0v) is 15.3. The minimum atomic E-state index is -0.914. The van der Waals surface area contributed by atoms with Crippen LogP contribution in [-0.4, -0.2) is 11.1 Å². The Labute approximate surface area is 154 Å². The molecule has 1 N–H and O–H groups in total. The number of benzene rings is 3. The summed E-state index contributed by atoms with van der Waals surface area (Å²) in [7, 11) is 0. The van der Waals surface area contributed by atoms with Crippen molar-refractivity contribution in [1.29, 1.82) is 0 Å². The van der Waals surface area contributed by atoms with E-state index in [1.165, 1.54) is 0 Å². The van der Waals surface area contributed by atoms with Crippen LogP contribution in [-0.2, 0) is 5.41 Å². The maximum Gasteiger partial charge on any atom is 0.338 e. The third kappa shape index (κ3) is 3.47. The van der Waals surface area contributed by atoms with Crippen molar-refractivity contribution in [2.75, 3.05) is 4.90 Å². The molecule has 0 bridgehead atoms. The second-order valence-corrected chi connectivity index (χ2v) is 7.26. The predicted molar refractivity (Wildman–Crippen MR) is 107 cm³/mol. The average molecular weight is 345 g/mol. The lowest BCUT2D eigenvalue weighted by molar-refractivity contribution is 0.0695. The van der Waals surface area contributed by atoms with Gasteiger partial charge in [0.15, 0.2) is 0 Å². The number of carbonyl (C=O) groups is 1. The van der Waals surface area contributed by atoms with E-state index in [9.17, 15) is 9.90 Å². The highest BCUT2D eigenvalue weighted by atomic mass is 16.4. The Balaban J connectivity index is 2.31. The number of para-hydroxylation sites is 2. The third-order valence-corrected chi connectivity index (χ3v) is 4.33. The van der Waals surface area contributed by atoms with Crippen LogP contribution in [0.3, 0.4) is 0 Å². The summed E-state index contributed by atoms with van der Waals surface area (Å²) in [4.78, 5) is 14.2. The summed E-state index contributed by atoms with van der Waals surface area (Å²) in [6, 6.07) is 25.4. The molecule has 0 aromatic heterocycles. The lowest BCUT2D eigenvalue weighted by Crippen LogP contribution is -2.21. The zero-order chi connectivity index (χ0) is 18.7. The first kappa shape index (κ1) is 17.7. The van der Waals surface area contributed by atoms with Crippen molar-refractivity contribution in [3.05, 3.63) is 90.0 Å². The van der Waals surface area contributed by atoms with E-state index in [1.807, 2.05) is 105 Å². The Bertz CT molecular complexity index is 857. The van der Waals surface area contributed by atoms with Crippen LogP contribution in [0.5, 0.6) is 0 Å². The molecule has 0 radical (unpaired) electrons. The number of carboxylic acid groups (broad SMARTS) is 1. The van der Waals surface area contributed by atoms with Crippen molar-refractivity contribution in [2.45, 2.75) is 26.2 Å². The molecule has 26 heavy (non-hydrogen) atoms. The lowest BCUT2D eigenvalue weighted by Gasteiger charge is -2.30. The second kappa shape index (κ2) is 7.04. The van der Waals surface area contributed by atoms with Crippen LogP contribution in [0.25, 0.3) is 0 Å². The standard InChI is InChI=1S/C23H23NO2/c1-23(2,3)19-15-10-16-20(21(19)22(25)26)24(17-11-6-4-7-12-17)18-13-8-5-9-14-18/h4-16H,1-3H3,(H,25,26). The van der Waals surface area contributed by atoms with E-state index in [4.69, 9.17) is 0 Å². The molecule has 0 atom stereocenters. The lowest BCUT2D eigenvalue weighted by atomic mass is 9.83. The molecular formula is C23H23NO2. The van der Waals surface area contributed by atoms with Gasteiger partial charge in [0, 0.05) is 11.4 Å². The number of nitrogens with zero attached hydrogens (tertiary/aromatic N) is 1. The Morgan fingerprint density at radius 3 is 1.69 bits per heavy atom. The molecule has 3 aromatic carbocycles. The number of anilines is 3. The molecule has 0 amide bonds. The van der Waals surface area contributed by atoms with Gasteiger partial charge in [0.05, 0.1) is 11.3 Å². The van der Waals surface area contributed by atoms with Crippen molar-refractivity contribution in [3.8, 4) is 0 Å². The minimum Gasteiger partial charge on any atom is -0.478 e. The van der Waals surface area contributed by atoms with Crippen LogP contribution in [0.2, 0.25) is 0 Å². The number of hydrogen-bond donors (Lipinski definition) is 1. The van der Waals surface area contributed by atoms with Crippen LogP contribution >= 0.6 is 0 Å². The monoisotopic (exact) mass is 345 g/mol. The van der Waals surface area contributed by atoms with Gasteiger partial charge < -0.3 is 10.0 Å². The van der Waals surface area contributed by atoms with Gasteiger partial charge in [-0.3, -0.25) is 0 Å². The molecule has 0 unspecified atom stereocenters. The number of carboxylic acids is 1. The largest absolute Gasteiger partial charge is 0.478 e. The molecule has 0 spiro atoms. The maximum atomic E-state index is 12.2. The van der Waals surface area contributed by atoms with E-state index in [1.54, 1.807) is 0 Å². The van der Waals surface area contributed by atoms with E-state index in [2.05, 4.69) is 0 Å². The summed E-state index contributed by atoms with van der Waals surface area (Å²) < 4.78 is 0. The van der Waals surface area contributed by atoms with Crippen LogP contribution in [0.15, 0.2) is 78.9 Å². The summed E-state index contributed by atoms with van der Waals surface area (Å²) >= 11 is 0. The molecule has 3 nitrogen and oxygen atoms in total.